The van der Waals surface area contributed by atoms with Crippen LogP contribution in [0.15, 0.2) is 26.4 Å². The summed E-state index contributed by atoms with van der Waals surface area (Å²) < 4.78 is 16.1. The fourth-order valence-electron chi connectivity index (χ4n) is 2.22. The van der Waals surface area contributed by atoms with Gasteiger partial charge in [-0.3, -0.25) is 4.79 Å². The molecule has 3 rings (SSSR count). The van der Waals surface area contributed by atoms with Crippen molar-refractivity contribution >= 4 is 17.7 Å². The summed E-state index contributed by atoms with van der Waals surface area (Å²) in [4.78, 5) is 14.1. The van der Waals surface area contributed by atoms with Gasteiger partial charge in [-0.05, 0) is 19.9 Å². The van der Waals surface area contributed by atoms with Crippen molar-refractivity contribution in [2.75, 3.05) is 26.3 Å². The molecule has 1 aliphatic rings. The third-order valence-corrected chi connectivity index (χ3v) is 4.37. The van der Waals surface area contributed by atoms with E-state index in [-0.39, 0.29) is 11.2 Å². The molecule has 0 radical (unpaired) electrons. The Hall–Kier alpha value is -1.80. The SMILES string of the molecule is Cc1occc1-c1nnc(SC(C)C(=O)N2CCOCC2)o1. The van der Waals surface area contributed by atoms with Crippen LogP contribution in [-0.2, 0) is 9.53 Å². The molecule has 2 aromatic rings. The van der Waals surface area contributed by atoms with E-state index in [4.69, 9.17) is 13.6 Å². The van der Waals surface area contributed by atoms with Gasteiger partial charge in [0.1, 0.15) is 5.76 Å². The molecule has 0 bridgehead atoms. The van der Waals surface area contributed by atoms with E-state index in [1.807, 2.05) is 13.8 Å². The number of carbonyl (C=O) groups is 1. The van der Waals surface area contributed by atoms with Gasteiger partial charge >= 0.3 is 0 Å². The van der Waals surface area contributed by atoms with Gasteiger partial charge < -0.3 is 18.5 Å². The number of aromatic nitrogens is 2. The molecule has 0 N–H and O–H groups in total. The number of carbonyl (C=O) groups excluding carboxylic acids is 1. The number of amides is 1. The Bertz CT molecular complexity index is 648. The van der Waals surface area contributed by atoms with Gasteiger partial charge in [-0.2, -0.15) is 0 Å². The van der Waals surface area contributed by atoms with E-state index in [1.54, 1.807) is 17.2 Å². The summed E-state index contributed by atoms with van der Waals surface area (Å²) in [6.07, 6.45) is 1.58. The molecule has 8 heteroatoms. The minimum atomic E-state index is -0.281. The van der Waals surface area contributed by atoms with Gasteiger partial charge in [0.25, 0.3) is 11.1 Å². The highest BCUT2D eigenvalue weighted by molar-refractivity contribution is 8.00. The van der Waals surface area contributed by atoms with Gasteiger partial charge in [-0.1, -0.05) is 11.8 Å². The first-order valence-corrected chi connectivity index (χ1v) is 7.94. The zero-order valence-corrected chi connectivity index (χ0v) is 13.3. The molecule has 1 atom stereocenters. The lowest BCUT2D eigenvalue weighted by Crippen LogP contribution is -2.44. The molecule has 118 valence electrons. The van der Waals surface area contributed by atoms with E-state index in [1.165, 1.54) is 11.8 Å². The topological polar surface area (TPSA) is 81.6 Å². The van der Waals surface area contributed by atoms with Crippen molar-refractivity contribution in [1.29, 1.82) is 0 Å². The number of rotatable bonds is 4. The van der Waals surface area contributed by atoms with Gasteiger partial charge in [0, 0.05) is 13.1 Å². The standard InChI is InChI=1S/C14H17N3O4S/c1-9-11(3-6-20-9)12-15-16-14(21-12)22-10(2)13(18)17-4-7-19-8-5-17/h3,6,10H,4-5,7-8H2,1-2H3. The van der Waals surface area contributed by atoms with E-state index in [0.717, 1.165) is 11.3 Å². The van der Waals surface area contributed by atoms with E-state index in [9.17, 15) is 4.79 Å². The van der Waals surface area contributed by atoms with Crippen LogP contribution in [0.5, 0.6) is 0 Å². The number of hydrogen-bond acceptors (Lipinski definition) is 7. The molecule has 0 spiro atoms. The predicted octanol–water partition coefficient (Wildman–Crippen LogP) is 1.98. The number of aryl methyl sites for hydroxylation is 1. The van der Waals surface area contributed by atoms with Gasteiger partial charge in [0.2, 0.25) is 5.91 Å². The van der Waals surface area contributed by atoms with Crippen LogP contribution in [0.4, 0.5) is 0 Å². The number of furan rings is 1. The average molecular weight is 323 g/mol. The zero-order valence-electron chi connectivity index (χ0n) is 12.4. The van der Waals surface area contributed by atoms with Crippen molar-refractivity contribution in [1.82, 2.24) is 15.1 Å². The molecular weight excluding hydrogens is 306 g/mol. The second-order valence-electron chi connectivity index (χ2n) is 4.96. The largest absolute Gasteiger partial charge is 0.469 e. The van der Waals surface area contributed by atoms with Gasteiger partial charge in [0.15, 0.2) is 0 Å². The number of nitrogens with zero attached hydrogens (tertiary/aromatic N) is 3. The minimum Gasteiger partial charge on any atom is -0.469 e. The van der Waals surface area contributed by atoms with Crippen LogP contribution in [0.1, 0.15) is 12.7 Å². The molecule has 0 aromatic carbocycles. The number of thioether (sulfide) groups is 1. The molecule has 2 aromatic heterocycles. The van der Waals surface area contributed by atoms with Crippen LogP contribution in [0.25, 0.3) is 11.5 Å². The summed E-state index contributed by atoms with van der Waals surface area (Å²) in [7, 11) is 0. The van der Waals surface area contributed by atoms with Crippen LogP contribution >= 0.6 is 11.8 Å². The van der Waals surface area contributed by atoms with Crippen molar-refractivity contribution in [2.24, 2.45) is 0 Å². The van der Waals surface area contributed by atoms with Crippen LogP contribution in [0, 0.1) is 6.92 Å². The first-order valence-electron chi connectivity index (χ1n) is 7.06. The van der Waals surface area contributed by atoms with Crippen LogP contribution in [0.3, 0.4) is 0 Å². The van der Waals surface area contributed by atoms with Crippen molar-refractivity contribution in [3.63, 3.8) is 0 Å². The molecule has 7 nitrogen and oxygen atoms in total. The second-order valence-corrected chi connectivity index (χ2v) is 6.25. The summed E-state index contributed by atoms with van der Waals surface area (Å²) in [6, 6.07) is 1.78. The smallest absolute Gasteiger partial charge is 0.277 e. The lowest BCUT2D eigenvalue weighted by atomic mass is 10.3. The first kappa shape index (κ1) is 15.1. The molecule has 1 aliphatic heterocycles. The Labute approximate surface area is 132 Å². The minimum absolute atomic E-state index is 0.0625. The zero-order chi connectivity index (χ0) is 15.5. The third-order valence-electron chi connectivity index (χ3n) is 3.44. The van der Waals surface area contributed by atoms with Gasteiger partial charge in [-0.25, -0.2) is 0 Å². The predicted molar refractivity (Wildman–Crippen MR) is 79.5 cm³/mol. The summed E-state index contributed by atoms with van der Waals surface area (Å²) in [6.45, 7) is 6.12. The highest BCUT2D eigenvalue weighted by atomic mass is 32.2. The Balaban J connectivity index is 1.64. The monoisotopic (exact) mass is 323 g/mol. The van der Waals surface area contributed by atoms with E-state index >= 15 is 0 Å². The lowest BCUT2D eigenvalue weighted by Gasteiger charge is -2.28. The molecular formula is C14H17N3O4S. The fraction of sp³-hybridized carbons (Fsp3) is 0.500. The van der Waals surface area contributed by atoms with Crippen molar-refractivity contribution < 1.29 is 18.4 Å². The molecule has 1 saturated heterocycles. The maximum atomic E-state index is 12.3. The number of ether oxygens (including phenoxy) is 1. The second kappa shape index (κ2) is 6.53. The van der Waals surface area contributed by atoms with Crippen LogP contribution in [0.2, 0.25) is 0 Å². The summed E-state index contributed by atoms with van der Waals surface area (Å²) in [5.74, 6) is 1.19. The molecule has 3 heterocycles. The lowest BCUT2D eigenvalue weighted by molar-refractivity contribution is -0.134. The van der Waals surface area contributed by atoms with Gasteiger partial charge in [0.05, 0.1) is 30.3 Å². The van der Waals surface area contributed by atoms with Crippen LogP contribution < -0.4 is 0 Å². The quantitative estimate of drug-likeness (QED) is 0.796. The maximum absolute atomic E-state index is 12.3. The summed E-state index contributed by atoms with van der Waals surface area (Å²) >= 11 is 1.27. The molecule has 22 heavy (non-hydrogen) atoms. The molecule has 0 aliphatic carbocycles. The first-order chi connectivity index (χ1) is 10.6. The highest BCUT2D eigenvalue weighted by Crippen LogP contribution is 2.28. The summed E-state index contributed by atoms with van der Waals surface area (Å²) in [5, 5.41) is 8.09. The molecule has 0 saturated carbocycles. The third kappa shape index (κ3) is 3.17. The van der Waals surface area contributed by atoms with Crippen LogP contribution in [-0.4, -0.2) is 52.6 Å². The maximum Gasteiger partial charge on any atom is 0.277 e. The van der Waals surface area contributed by atoms with E-state index in [2.05, 4.69) is 10.2 Å². The Morgan fingerprint density at radius 1 is 1.36 bits per heavy atom. The Morgan fingerprint density at radius 3 is 2.82 bits per heavy atom. The average Bonchev–Trinajstić information content (AvgIpc) is 3.16. The number of morpholine rings is 1. The van der Waals surface area contributed by atoms with Crippen molar-refractivity contribution in [2.45, 2.75) is 24.3 Å². The Kier molecular flexibility index (Phi) is 4.49. The molecule has 1 fully saturated rings. The van der Waals surface area contributed by atoms with Gasteiger partial charge in [-0.15, -0.1) is 10.2 Å². The highest BCUT2D eigenvalue weighted by Gasteiger charge is 2.25. The molecule has 1 amide bonds. The fourth-order valence-corrected chi connectivity index (χ4v) is 2.98. The summed E-state index contributed by atoms with van der Waals surface area (Å²) in [5.41, 5.74) is 0.770. The van der Waals surface area contributed by atoms with Crippen molar-refractivity contribution in [3.8, 4) is 11.5 Å². The molecule has 1 unspecified atom stereocenters. The van der Waals surface area contributed by atoms with Crippen molar-refractivity contribution in [3.05, 3.63) is 18.1 Å². The Morgan fingerprint density at radius 2 is 2.14 bits per heavy atom. The number of hydrogen-bond donors (Lipinski definition) is 0. The van der Waals surface area contributed by atoms with E-state index < -0.39 is 0 Å². The normalized spacial score (nSPS) is 16.7. The van der Waals surface area contributed by atoms with E-state index in [0.29, 0.717) is 37.4 Å².